The predicted octanol–water partition coefficient (Wildman–Crippen LogP) is 1.19. The summed E-state index contributed by atoms with van der Waals surface area (Å²) in [5, 5.41) is 0.832. The summed E-state index contributed by atoms with van der Waals surface area (Å²) >= 11 is 3.30. The van der Waals surface area contributed by atoms with E-state index in [4.69, 9.17) is 10.6 Å². The number of rotatable bonds is 4. The lowest BCUT2D eigenvalue weighted by Crippen LogP contribution is -2.34. The van der Waals surface area contributed by atoms with Crippen molar-refractivity contribution >= 4 is 21.8 Å². The molecule has 0 aromatic heterocycles. The van der Waals surface area contributed by atoms with E-state index in [9.17, 15) is 4.79 Å². The summed E-state index contributed by atoms with van der Waals surface area (Å²) in [7, 11) is 0. The molecule has 0 aliphatic heterocycles. The molecule has 17 heavy (non-hydrogen) atoms. The van der Waals surface area contributed by atoms with E-state index in [-0.39, 0.29) is 12.5 Å². The molecule has 0 fully saturated rings. The van der Waals surface area contributed by atoms with Crippen molar-refractivity contribution in [3.05, 3.63) is 29.8 Å². The molecule has 0 heterocycles. The van der Waals surface area contributed by atoms with Crippen molar-refractivity contribution in [1.82, 2.24) is 5.43 Å². The molecule has 1 amide bonds. The third kappa shape index (κ3) is 4.89. The van der Waals surface area contributed by atoms with E-state index in [1.807, 2.05) is 23.6 Å². The highest BCUT2D eigenvalue weighted by molar-refractivity contribution is 9.09. The SMILES string of the molecule is NNC(=O)COc1ccccc1C#CCCBr. The van der Waals surface area contributed by atoms with Crippen LogP contribution in [0.1, 0.15) is 12.0 Å². The molecule has 0 bridgehead atoms. The third-order valence-electron chi connectivity index (χ3n) is 1.85. The zero-order valence-electron chi connectivity index (χ0n) is 9.20. The average Bonchev–Trinajstić information content (AvgIpc) is 2.37. The average molecular weight is 297 g/mol. The van der Waals surface area contributed by atoms with E-state index in [0.29, 0.717) is 5.75 Å². The summed E-state index contributed by atoms with van der Waals surface area (Å²) in [6.07, 6.45) is 0.762. The van der Waals surface area contributed by atoms with E-state index in [1.165, 1.54) is 0 Å². The summed E-state index contributed by atoms with van der Waals surface area (Å²) in [5.74, 6) is 11.1. The van der Waals surface area contributed by atoms with Gasteiger partial charge in [0, 0.05) is 11.8 Å². The number of amides is 1. The second-order valence-corrected chi connectivity index (χ2v) is 3.89. The molecule has 4 nitrogen and oxygen atoms in total. The molecule has 0 aliphatic rings. The number of benzene rings is 1. The van der Waals surface area contributed by atoms with E-state index in [0.717, 1.165) is 17.3 Å². The molecular formula is C12H13BrN2O2. The molecule has 1 rings (SSSR count). The number of nitrogens with two attached hydrogens (primary N) is 1. The Morgan fingerprint density at radius 3 is 2.94 bits per heavy atom. The fourth-order valence-corrected chi connectivity index (χ4v) is 1.28. The van der Waals surface area contributed by atoms with Gasteiger partial charge in [-0.25, -0.2) is 5.84 Å². The number of nitrogens with one attached hydrogen (secondary N) is 1. The first-order valence-electron chi connectivity index (χ1n) is 5.04. The van der Waals surface area contributed by atoms with Gasteiger partial charge in [0.1, 0.15) is 5.75 Å². The van der Waals surface area contributed by atoms with Crippen molar-refractivity contribution < 1.29 is 9.53 Å². The van der Waals surface area contributed by atoms with Gasteiger partial charge >= 0.3 is 0 Å². The fourth-order valence-electron chi connectivity index (χ4n) is 1.09. The second-order valence-electron chi connectivity index (χ2n) is 3.09. The van der Waals surface area contributed by atoms with Crippen molar-refractivity contribution in [1.29, 1.82) is 0 Å². The van der Waals surface area contributed by atoms with Gasteiger partial charge in [0.15, 0.2) is 6.61 Å². The molecule has 5 heteroatoms. The lowest BCUT2D eigenvalue weighted by atomic mass is 10.2. The molecule has 0 radical (unpaired) electrons. The molecule has 0 unspecified atom stereocenters. The monoisotopic (exact) mass is 296 g/mol. The molecule has 0 aliphatic carbocycles. The van der Waals surface area contributed by atoms with Gasteiger partial charge in [-0.2, -0.15) is 0 Å². The van der Waals surface area contributed by atoms with Crippen LogP contribution in [0.3, 0.4) is 0 Å². The van der Waals surface area contributed by atoms with E-state index < -0.39 is 0 Å². The van der Waals surface area contributed by atoms with Crippen LogP contribution in [0.2, 0.25) is 0 Å². The van der Waals surface area contributed by atoms with Gasteiger partial charge in [0.05, 0.1) is 5.56 Å². The van der Waals surface area contributed by atoms with Crippen LogP contribution in [-0.2, 0) is 4.79 Å². The van der Waals surface area contributed by atoms with E-state index in [2.05, 4.69) is 27.8 Å². The summed E-state index contributed by atoms with van der Waals surface area (Å²) in [4.78, 5) is 11.0. The van der Waals surface area contributed by atoms with Crippen LogP contribution in [0, 0.1) is 11.8 Å². The highest BCUT2D eigenvalue weighted by Crippen LogP contribution is 2.16. The maximum atomic E-state index is 11.0. The van der Waals surface area contributed by atoms with Gasteiger partial charge in [-0.15, -0.1) is 0 Å². The molecule has 0 atom stereocenters. The summed E-state index contributed by atoms with van der Waals surface area (Å²) in [5.41, 5.74) is 2.76. The topological polar surface area (TPSA) is 64.3 Å². The highest BCUT2D eigenvalue weighted by atomic mass is 79.9. The zero-order chi connectivity index (χ0) is 12.5. The summed E-state index contributed by atoms with van der Waals surface area (Å²) in [6.45, 7) is -0.117. The smallest absolute Gasteiger partial charge is 0.271 e. The Balaban J connectivity index is 2.71. The minimum absolute atomic E-state index is 0.117. The number of carbonyl (C=O) groups is 1. The number of hydrogen-bond donors (Lipinski definition) is 2. The van der Waals surface area contributed by atoms with Gasteiger partial charge in [-0.05, 0) is 12.1 Å². The summed E-state index contributed by atoms with van der Waals surface area (Å²) in [6, 6.07) is 7.30. The van der Waals surface area contributed by atoms with Crippen LogP contribution in [-0.4, -0.2) is 17.8 Å². The lowest BCUT2D eigenvalue weighted by molar-refractivity contribution is -0.123. The first-order chi connectivity index (χ1) is 8.27. The Labute approximate surface area is 109 Å². The standard InChI is InChI=1S/C12H13BrN2O2/c13-8-4-3-6-10-5-1-2-7-11(10)17-9-12(16)15-14/h1-2,5,7H,4,8-9,14H2,(H,15,16). The number of hydrogen-bond acceptors (Lipinski definition) is 3. The van der Waals surface area contributed by atoms with Crippen LogP contribution < -0.4 is 16.0 Å². The molecule has 0 spiro atoms. The van der Waals surface area contributed by atoms with Crippen LogP contribution in [0.5, 0.6) is 5.75 Å². The molecular weight excluding hydrogens is 284 g/mol. The molecule has 1 aromatic rings. The maximum absolute atomic E-state index is 11.0. The van der Waals surface area contributed by atoms with Crippen LogP contribution in [0.15, 0.2) is 24.3 Å². The zero-order valence-corrected chi connectivity index (χ0v) is 10.8. The molecule has 1 aromatic carbocycles. The van der Waals surface area contributed by atoms with Crippen molar-refractivity contribution in [2.24, 2.45) is 5.84 Å². The molecule has 0 saturated carbocycles. The fraction of sp³-hybridized carbons (Fsp3) is 0.250. The molecule has 0 saturated heterocycles. The normalized spacial score (nSPS) is 9.06. The number of para-hydroxylation sites is 1. The Morgan fingerprint density at radius 1 is 1.47 bits per heavy atom. The van der Waals surface area contributed by atoms with Gasteiger partial charge in [-0.3, -0.25) is 10.2 Å². The van der Waals surface area contributed by atoms with E-state index in [1.54, 1.807) is 6.07 Å². The second kappa shape index (κ2) is 7.71. The van der Waals surface area contributed by atoms with Gasteiger partial charge < -0.3 is 4.74 Å². The Hall–Kier alpha value is -1.51. The number of carbonyl (C=O) groups excluding carboxylic acids is 1. The van der Waals surface area contributed by atoms with Crippen molar-refractivity contribution in [3.63, 3.8) is 0 Å². The lowest BCUT2D eigenvalue weighted by Gasteiger charge is -2.06. The predicted molar refractivity (Wildman–Crippen MR) is 69.6 cm³/mol. The highest BCUT2D eigenvalue weighted by Gasteiger charge is 2.03. The van der Waals surface area contributed by atoms with Crippen molar-refractivity contribution in [2.75, 3.05) is 11.9 Å². The van der Waals surface area contributed by atoms with Crippen LogP contribution in [0.25, 0.3) is 0 Å². The Kier molecular flexibility index (Phi) is 6.15. The minimum Gasteiger partial charge on any atom is -0.482 e. The maximum Gasteiger partial charge on any atom is 0.271 e. The Bertz CT molecular complexity index is 438. The van der Waals surface area contributed by atoms with Gasteiger partial charge in [0.2, 0.25) is 0 Å². The van der Waals surface area contributed by atoms with Crippen molar-refractivity contribution in [2.45, 2.75) is 6.42 Å². The largest absolute Gasteiger partial charge is 0.482 e. The number of alkyl halides is 1. The first-order valence-corrected chi connectivity index (χ1v) is 6.16. The number of ether oxygens (including phenoxy) is 1. The molecule has 90 valence electrons. The van der Waals surface area contributed by atoms with Gasteiger partial charge in [0.25, 0.3) is 5.91 Å². The minimum atomic E-state index is -0.381. The van der Waals surface area contributed by atoms with Crippen molar-refractivity contribution in [3.8, 4) is 17.6 Å². The van der Waals surface area contributed by atoms with Crippen LogP contribution in [0.4, 0.5) is 0 Å². The molecule has 3 N–H and O–H groups in total. The quantitative estimate of drug-likeness (QED) is 0.288. The third-order valence-corrected chi connectivity index (χ3v) is 2.25. The van der Waals surface area contributed by atoms with Gasteiger partial charge in [-0.1, -0.05) is 39.9 Å². The summed E-state index contributed by atoms with van der Waals surface area (Å²) < 4.78 is 5.31. The number of halogens is 1. The van der Waals surface area contributed by atoms with Crippen LogP contribution >= 0.6 is 15.9 Å². The Morgan fingerprint density at radius 2 is 2.24 bits per heavy atom. The van der Waals surface area contributed by atoms with E-state index >= 15 is 0 Å². The first kappa shape index (κ1) is 13.6. The number of hydrazine groups is 1.